The van der Waals surface area contributed by atoms with Crippen molar-refractivity contribution in [2.24, 2.45) is 11.3 Å². The highest BCUT2D eigenvalue weighted by atomic mass is 16.5. The zero-order valence-electron chi connectivity index (χ0n) is 15.6. The Hall–Kier alpha value is -2.38. The summed E-state index contributed by atoms with van der Waals surface area (Å²) in [5, 5.41) is 6.57. The van der Waals surface area contributed by atoms with Crippen LogP contribution in [0.5, 0.6) is 0 Å². The lowest BCUT2D eigenvalue weighted by atomic mass is 9.64. The number of nitrogens with zero attached hydrogens (tertiary/aromatic N) is 2. The van der Waals surface area contributed by atoms with E-state index in [1.165, 1.54) is 0 Å². The molecule has 0 unspecified atom stereocenters. The molecule has 1 aromatic rings. The monoisotopic (exact) mass is 363 g/mol. The van der Waals surface area contributed by atoms with E-state index in [1.807, 2.05) is 0 Å². The fourth-order valence-electron chi connectivity index (χ4n) is 4.46. The van der Waals surface area contributed by atoms with Gasteiger partial charge in [0, 0.05) is 6.07 Å². The minimum Gasteiger partial charge on any atom is -0.458 e. The summed E-state index contributed by atoms with van der Waals surface area (Å²) >= 11 is 0. The third-order valence-corrected chi connectivity index (χ3v) is 4.97. The predicted molar refractivity (Wildman–Crippen MR) is 90.8 cm³/mol. The van der Waals surface area contributed by atoms with Crippen LogP contribution in [0.3, 0.4) is 0 Å². The van der Waals surface area contributed by atoms with Crippen LogP contribution in [0.1, 0.15) is 51.5 Å². The first kappa shape index (κ1) is 18.4. The van der Waals surface area contributed by atoms with E-state index < -0.39 is 24.1 Å². The van der Waals surface area contributed by atoms with Gasteiger partial charge in [0.1, 0.15) is 30.1 Å². The lowest BCUT2D eigenvalue weighted by Gasteiger charge is -2.43. The Balaban J connectivity index is 1.64. The van der Waals surface area contributed by atoms with Crippen LogP contribution in [0.4, 0.5) is 4.79 Å². The normalized spacial score (nSPS) is 27.7. The van der Waals surface area contributed by atoms with Gasteiger partial charge in [-0.15, -0.1) is 0 Å². The van der Waals surface area contributed by atoms with Gasteiger partial charge in [0.15, 0.2) is 0 Å². The molecule has 1 spiro atoms. The van der Waals surface area contributed by atoms with E-state index in [0.717, 1.165) is 11.3 Å². The molecular formula is C18H25N3O5. The Bertz CT molecular complexity index is 741. The number of ether oxygens (including phenoxy) is 1. The van der Waals surface area contributed by atoms with Crippen molar-refractivity contribution in [3.8, 4) is 0 Å². The lowest BCUT2D eigenvalue weighted by molar-refractivity contribution is -0.149. The van der Waals surface area contributed by atoms with Crippen molar-refractivity contribution < 1.29 is 23.6 Å². The number of carbonyl (C=O) groups excluding carboxylic acids is 3. The maximum atomic E-state index is 12.9. The van der Waals surface area contributed by atoms with Gasteiger partial charge in [-0.1, -0.05) is 25.9 Å². The molecule has 1 saturated heterocycles. The van der Waals surface area contributed by atoms with Crippen LogP contribution < -0.4 is 5.32 Å². The number of aryl methyl sites for hydroxylation is 1. The zero-order valence-corrected chi connectivity index (χ0v) is 15.6. The molecule has 0 radical (unpaired) electrons. The molecule has 1 aliphatic carbocycles. The summed E-state index contributed by atoms with van der Waals surface area (Å²) in [6.07, 6.45) is 2.15. The second-order valence-corrected chi connectivity index (χ2v) is 8.35. The topological polar surface area (TPSA) is 102 Å². The molecule has 2 aliphatic rings. The molecule has 1 aromatic heterocycles. The quantitative estimate of drug-likeness (QED) is 0.650. The van der Waals surface area contributed by atoms with Gasteiger partial charge in [-0.2, -0.15) is 0 Å². The van der Waals surface area contributed by atoms with E-state index >= 15 is 0 Å². The van der Waals surface area contributed by atoms with E-state index in [2.05, 4.69) is 31.2 Å². The molecule has 2 fully saturated rings. The van der Waals surface area contributed by atoms with Crippen molar-refractivity contribution in [2.45, 2.75) is 59.1 Å². The van der Waals surface area contributed by atoms with Gasteiger partial charge < -0.3 is 14.6 Å². The first-order chi connectivity index (χ1) is 12.1. The minimum atomic E-state index is -0.915. The number of urea groups is 1. The minimum absolute atomic E-state index is 0.0536. The maximum Gasteiger partial charge on any atom is 0.326 e. The molecular weight excluding hydrogens is 338 g/mol. The summed E-state index contributed by atoms with van der Waals surface area (Å²) in [7, 11) is 0. The van der Waals surface area contributed by atoms with Crippen molar-refractivity contribution in [2.75, 3.05) is 6.54 Å². The Labute approximate surface area is 152 Å². The average molecular weight is 363 g/mol. The molecule has 8 heteroatoms. The van der Waals surface area contributed by atoms with Crippen molar-refractivity contribution >= 4 is 17.9 Å². The highest BCUT2D eigenvalue weighted by Crippen LogP contribution is 2.46. The van der Waals surface area contributed by atoms with Gasteiger partial charge in [0.05, 0.1) is 0 Å². The summed E-state index contributed by atoms with van der Waals surface area (Å²) in [6.45, 7) is 7.55. The number of amides is 3. The molecule has 1 aliphatic heterocycles. The van der Waals surface area contributed by atoms with Crippen LogP contribution in [0.15, 0.2) is 10.6 Å². The van der Waals surface area contributed by atoms with E-state index in [1.54, 1.807) is 13.0 Å². The molecule has 0 bridgehead atoms. The molecule has 8 nitrogen and oxygen atoms in total. The number of carbonyl (C=O) groups is 3. The second kappa shape index (κ2) is 6.41. The SMILES string of the molecule is Cc1cc(COC(=O)CN2C(=O)N[C@@]3(C[C@@H](C)CC(C)(C)C3)C2=O)no1. The Morgan fingerprint density at radius 3 is 2.77 bits per heavy atom. The number of hydrogen-bond donors (Lipinski definition) is 1. The first-order valence-electron chi connectivity index (χ1n) is 8.82. The molecule has 26 heavy (non-hydrogen) atoms. The zero-order chi connectivity index (χ0) is 19.1. The Morgan fingerprint density at radius 2 is 2.15 bits per heavy atom. The summed E-state index contributed by atoms with van der Waals surface area (Å²) in [5.41, 5.74) is -0.490. The fourth-order valence-corrected chi connectivity index (χ4v) is 4.46. The third kappa shape index (κ3) is 3.59. The molecule has 142 valence electrons. The van der Waals surface area contributed by atoms with Crippen molar-refractivity contribution in [3.05, 3.63) is 17.5 Å². The van der Waals surface area contributed by atoms with Crippen LogP contribution >= 0.6 is 0 Å². The highest BCUT2D eigenvalue weighted by Gasteiger charge is 2.56. The number of imide groups is 1. The van der Waals surface area contributed by atoms with Crippen molar-refractivity contribution in [1.82, 2.24) is 15.4 Å². The van der Waals surface area contributed by atoms with E-state index in [-0.39, 0.29) is 17.9 Å². The molecule has 0 aromatic carbocycles. The Kier molecular flexibility index (Phi) is 4.54. The van der Waals surface area contributed by atoms with Crippen LogP contribution in [0.2, 0.25) is 0 Å². The lowest BCUT2D eigenvalue weighted by Crippen LogP contribution is -2.54. The number of nitrogens with one attached hydrogen (secondary N) is 1. The van der Waals surface area contributed by atoms with Gasteiger partial charge >= 0.3 is 12.0 Å². The van der Waals surface area contributed by atoms with Crippen LogP contribution in [0.25, 0.3) is 0 Å². The van der Waals surface area contributed by atoms with Gasteiger partial charge in [-0.05, 0) is 37.5 Å². The fraction of sp³-hybridized carbons (Fsp3) is 0.667. The molecule has 2 atom stereocenters. The molecule has 3 rings (SSSR count). The standard InChI is InChI=1S/C18H25N3O5/c1-11-6-17(3,4)10-18(7-11)15(23)21(16(24)19-18)8-14(22)25-9-13-5-12(2)26-20-13/h5,11H,6-10H2,1-4H3,(H,19,24)/t11-,18+/m0/s1. The van der Waals surface area contributed by atoms with E-state index in [4.69, 9.17) is 9.26 Å². The maximum absolute atomic E-state index is 12.9. The summed E-state index contributed by atoms with van der Waals surface area (Å²) in [6, 6.07) is 1.12. The summed E-state index contributed by atoms with van der Waals surface area (Å²) in [4.78, 5) is 38.3. The average Bonchev–Trinajstić information content (AvgIpc) is 3.00. The summed E-state index contributed by atoms with van der Waals surface area (Å²) < 4.78 is 10.0. The second-order valence-electron chi connectivity index (χ2n) is 8.35. The van der Waals surface area contributed by atoms with Gasteiger partial charge in [0.2, 0.25) is 0 Å². The molecule has 1 N–H and O–H groups in total. The highest BCUT2D eigenvalue weighted by molar-refractivity contribution is 6.08. The largest absolute Gasteiger partial charge is 0.458 e. The van der Waals surface area contributed by atoms with Gasteiger partial charge in [-0.25, -0.2) is 4.79 Å². The number of hydrogen-bond acceptors (Lipinski definition) is 6. The van der Waals surface area contributed by atoms with Crippen LogP contribution in [-0.4, -0.2) is 40.0 Å². The molecule has 2 heterocycles. The van der Waals surface area contributed by atoms with E-state index in [9.17, 15) is 14.4 Å². The van der Waals surface area contributed by atoms with Crippen molar-refractivity contribution in [3.63, 3.8) is 0 Å². The molecule has 1 saturated carbocycles. The van der Waals surface area contributed by atoms with Gasteiger partial charge in [0.25, 0.3) is 5.91 Å². The number of esters is 1. The smallest absolute Gasteiger partial charge is 0.326 e. The third-order valence-electron chi connectivity index (χ3n) is 4.97. The van der Waals surface area contributed by atoms with Gasteiger partial charge in [-0.3, -0.25) is 14.5 Å². The Morgan fingerprint density at radius 1 is 1.42 bits per heavy atom. The van der Waals surface area contributed by atoms with Crippen LogP contribution in [0, 0.1) is 18.3 Å². The van der Waals surface area contributed by atoms with Crippen molar-refractivity contribution in [1.29, 1.82) is 0 Å². The summed E-state index contributed by atoms with van der Waals surface area (Å²) in [5.74, 6) is -0.0721. The molecule has 3 amide bonds. The number of aromatic nitrogens is 1. The van der Waals surface area contributed by atoms with E-state index in [0.29, 0.717) is 30.2 Å². The first-order valence-corrected chi connectivity index (χ1v) is 8.82. The predicted octanol–water partition coefficient (Wildman–Crippen LogP) is 2.16. The van der Waals surface area contributed by atoms with Crippen LogP contribution in [-0.2, 0) is 20.9 Å². The number of rotatable bonds is 4.